The highest BCUT2D eigenvalue weighted by Gasteiger charge is 2.31. The molecule has 1 heterocycles. The molecule has 1 aliphatic heterocycles. The van der Waals surface area contributed by atoms with Gasteiger partial charge in [-0.1, -0.05) is 6.07 Å². The fourth-order valence-electron chi connectivity index (χ4n) is 3.06. The Hall–Kier alpha value is -2.96. The second kappa shape index (κ2) is 9.67. The van der Waals surface area contributed by atoms with Crippen LogP contribution in [0.5, 0.6) is 5.75 Å². The largest absolute Gasteiger partial charge is 0.497 e. The highest BCUT2D eigenvalue weighted by Crippen LogP contribution is 2.18. The first-order chi connectivity index (χ1) is 15.1. The fraction of sp³-hybridized carbons (Fsp3) is 0.300. The summed E-state index contributed by atoms with van der Waals surface area (Å²) >= 11 is 0. The first-order valence-corrected chi connectivity index (χ1v) is 12.8. The zero-order valence-corrected chi connectivity index (χ0v) is 18.7. The number of sulfone groups is 1. The number of sulfonamides is 1. The van der Waals surface area contributed by atoms with Gasteiger partial charge >= 0.3 is 5.97 Å². The Labute approximate surface area is 185 Å². The van der Waals surface area contributed by atoms with E-state index < -0.39 is 44.4 Å². The van der Waals surface area contributed by atoms with Crippen LogP contribution in [0, 0.1) is 0 Å². The first kappa shape index (κ1) is 23.7. The molecule has 0 radical (unpaired) electrons. The van der Waals surface area contributed by atoms with Crippen LogP contribution in [0.3, 0.4) is 0 Å². The van der Waals surface area contributed by atoms with Crippen LogP contribution in [0.1, 0.15) is 16.8 Å². The topological polar surface area (TPSA) is 145 Å². The van der Waals surface area contributed by atoms with Crippen molar-refractivity contribution >= 4 is 37.4 Å². The van der Waals surface area contributed by atoms with Gasteiger partial charge < -0.3 is 14.8 Å². The molecule has 2 aromatic carbocycles. The normalized spacial score (nSPS) is 17.5. The monoisotopic (exact) mass is 482 g/mol. The third kappa shape index (κ3) is 6.28. The lowest BCUT2D eigenvalue weighted by molar-refractivity contribution is -0.119. The van der Waals surface area contributed by atoms with Crippen molar-refractivity contribution < 1.29 is 35.9 Å². The maximum absolute atomic E-state index is 12.4. The predicted molar refractivity (Wildman–Crippen MR) is 116 cm³/mol. The van der Waals surface area contributed by atoms with Gasteiger partial charge in [0, 0.05) is 17.8 Å². The third-order valence-corrected chi connectivity index (χ3v) is 7.95. The number of anilines is 1. The molecule has 3 rings (SSSR count). The van der Waals surface area contributed by atoms with E-state index in [2.05, 4.69) is 10.0 Å². The summed E-state index contributed by atoms with van der Waals surface area (Å²) in [7, 11) is -5.68. The number of hydrogen-bond acceptors (Lipinski definition) is 8. The molecule has 2 aromatic rings. The van der Waals surface area contributed by atoms with E-state index >= 15 is 0 Å². The second-order valence-electron chi connectivity index (χ2n) is 7.10. The number of carbonyl (C=O) groups excluding carboxylic acids is 2. The molecular weight excluding hydrogens is 460 g/mol. The van der Waals surface area contributed by atoms with E-state index in [1.54, 1.807) is 24.3 Å². The summed E-state index contributed by atoms with van der Waals surface area (Å²) in [6.07, 6.45) is 0.212. The van der Waals surface area contributed by atoms with Crippen molar-refractivity contribution in [3.63, 3.8) is 0 Å². The molecule has 0 aromatic heterocycles. The molecule has 1 amide bonds. The van der Waals surface area contributed by atoms with Crippen LogP contribution in [-0.2, 0) is 29.4 Å². The molecule has 1 unspecified atom stereocenters. The van der Waals surface area contributed by atoms with Gasteiger partial charge in [0.25, 0.3) is 5.91 Å². The summed E-state index contributed by atoms with van der Waals surface area (Å²) < 4.78 is 60.3. The molecule has 1 saturated heterocycles. The quantitative estimate of drug-likeness (QED) is 0.529. The van der Waals surface area contributed by atoms with E-state index in [9.17, 15) is 26.4 Å². The van der Waals surface area contributed by atoms with E-state index in [4.69, 9.17) is 9.47 Å². The summed E-state index contributed by atoms with van der Waals surface area (Å²) in [5.41, 5.74) is 0.532. The Morgan fingerprint density at radius 3 is 2.47 bits per heavy atom. The molecule has 12 heteroatoms. The molecule has 32 heavy (non-hydrogen) atoms. The van der Waals surface area contributed by atoms with Crippen LogP contribution >= 0.6 is 0 Å². The van der Waals surface area contributed by atoms with Crippen LogP contribution in [0.25, 0.3) is 0 Å². The Bertz CT molecular complexity index is 1210. The lowest BCUT2D eigenvalue weighted by Gasteiger charge is -2.12. The van der Waals surface area contributed by atoms with Crippen LogP contribution in [0.4, 0.5) is 5.69 Å². The van der Waals surface area contributed by atoms with Gasteiger partial charge in [-0.15, -0.1) is 0 Å². The van der Waals surface area contributed by atoms with Gasteiger partial charge in [0.2, 0.25) is 10.0 Å². The van der Waals surface area contributed by atoms with Gasteiger partial charge in [0.15, 0.2) is 16.4 Å². The zero-order chi connectivity index (χ0) is 23.4. The van der Waals surface area contributed by atoms with Crippen molar-refractivity contribution in [2.24, 2.45) is 0 Å². The van der Waals surface area contributed by atoms with Gasteiger partial charge in [-0.25, -0.2) is 26.4 Å². The number of esters is 1. The number of ether oxygens (including phenoxy) is 2. The molecule has 1 atom stereocenters. The van der Waals surface area contributed by atoms with Gasteiger partial charge in [-0.2, -0.15) is 0 Å². The van der Waals surface area contributed by atoms with Crippen LogP contribution in [0.15, 0.2) is 53.4 Å². The van der Waals surface area contributed by atoms with Crippen LogP contribution < -0.4 is 14.8 Å². The van der Waals surface area contributed by atoms with Crippen molar-refractivity contribution in [2.75, 3.05) is 30.5 Å². The van der Waals surface area contributed by atoms with E-state index in [0.29, 0.717) is 11.4 Å². The number of carbonyl (C=O) groups is 2. The van der Waals surface area contributed by atoms with Crippen molar-refractivity contribution in [1.29, 1.82) is 0 Å². The second-order valence-corrected chi connectivity index (χ2v) is 11.0. The minimum Gasteiger partial charge on any atom is -0.497 e. The summed E-state index contributed by atoms with van der Waals surface area (Å²) in [4.78, 5) is 24.0. The smallest absolute Gasteiger partial charge is 0.338 e. The average molecular weight is 483 g/mol. The molecule has 172 valence electrons. The van der Waals surface area contributed by atoms with Gasteiger partial charge in [-0.3, -0.25) is 4.79 Å². The van der Waals surface area contributed by atoms with Crippen molar-refractivity contribution in [3.8, 4) is 5.75 Å². The number of nitrogens with one attached hydrogen (secondary N) is 2. The molecule has 0 bridgehead atoms. The molecule has 0 spiro atoms. The van der Waals surface area contributed by atoms with E-state index in [1.807, 2.05) is 0 Å². The SMILES string of the molecule is COc1cccc(NC(=O)COC(=O)c2ccc(S(=O)(=O)NC3CCS(=O)(=O)C3)cc2)c1. The van der Waals surface area contributed by atoms with Crippen molar-refractivity contribution in [2.45, 2.75) is 17.4 Å². The number of benzene rings is 2. The minimum absolute atomic E-state index is 0.0570. The standard InChI is InChI=1S/C20H22N2O8S2/c1-29-17-4-2-3-15(11-17)21-19(23)12-30-20(24)14-5-7-18(8-6-14)32(27,28)22-16-9-10-31(25,26)13-16/h2-8,11,16,22H,9-10,12-13H2,1H3,(H,21,23). The Kier molecular flexibility index (Phi) is 7.16. The maximum Gasteiger partial charge on any atom is 0.338 e. The van der Waals surface area contributed by atoms with Crippen molar-refractivity contribution in [1.82, 2.24) is 4.72 Å². The van der Waals surface area contributed by atoms with E-state index in [-0.39, 0.29) is 28.4 Å². The Morgan fingerprint density at radius 1 is 1.12 bits per heavy atom. The van der Waals surface area contributed by atoms with Gasteiger partial charge in [-0.05, 0) is 42.8 Å². The van der Waals surface area contributed by atoms with E-state index in [1.165, 1.54) is 31.4 Å². The molecule has 1 aliphatic rings. The summed E-state index contributed by atoms with van der Waals surface area (Å²) in [5, 5.41) is 2.57. The van der Waals surface area contributed by atoms with Crippen LogP contribution in [0.2, 0.25) is 0 Å². The lowest BCUT2D eigenvalue weighted by atomic mass is 10.2. The molecule has 10 nitrogen and oxygen atoms in total. The highest BCUT2D eigenvalue weighted by atomic mass is 32.2. The fourth-order valence-corrected chi connectivity index (χ4v) is 6.11. The molecule has 0 aliphatic carbocycles. The molecular formula is C20H22N2O8S2. The van der Waals surface area contributed by atoms with Crippen LogP contribution in [-0.4, -0.2) is 60.0 Å². The minimum atomic E-state index is -3.94. The Balaban J connectivity index is 1.54. The van der Waals surface area contributed by atoms with E-state index in [0.717, 1.165) is 0 Å². The average Bonchev–Trinajstić information content (AvgIpc) is 3.09. The lowest BCUT2D eigenvalue weighted by Crippen LogP contribution is -2.35. The summed E-state index contributed by atoms with van der Waals surface area (Å²) in [6.45, 7) is -0.534. The Morgan fingerprint density at radius 2 is 1.84 bits per heavy atom. The maximum atomic E-state index is 12.4. The third-order valence-electron chi connectivity index (χ3n) is 4.64. The molecule has 0 saturated carbocycles. The number of rotatable bonds is 8. The first-order valence-electron chi connectivity index (χ1n) is 9.52. The van der Waals surface area contributed by atoms with Gasteiger partial charge in [0.05, 0.1) is 29.1 Å². The summed E-state index contributed by atoms with van der Waals surface area (Å²) in [6, 6.07) is 10.9. The zero-order valence-electron chi connectivity index (χ0n) is 17.1. The summed E-state index contributed by atoms with van der Waals surface area (Å²) in [5.74, 6) is -1.10. The number of hydrogen-bond donors (Lipinski definition) is 2. The molecule has 2 N–H and O–H groups in total. The predicted octanol–water partition coefficient (Wildman–Crippen LogP) is 0.956. The highest BCUT2D eigenvalue weighted by molar-refractivity contribution is 7.92. The number of amides is 1. The molecule has 1 fully saturated rings. The van der Waals surface area contributed by atoms with Crippen molar-refractivity contribution in [3.05, 3.63) is 54.1 Å². The number of methoxy groups -OCH3 is 1. The van der Waals surface area contributed by atoms with Gasteiger partial charge in [0.1, 0.15) is 5.75 Å².